The Morgan fingerprint density at radius 3 is 2.35 bits per heavy atom. The third-order valence-electron chi connectivity index (χ3n) is 14.6. The van der Waals surface area contributed by atoms with Gasteiger partial charge in [-0.15, -0.1) is 5.10 Å². The zero-order valence-electron chi connectivity index (χ0n) is 47.3. The zero-order valence-corrected chi connectivity index (χ0v) is 47.3. The van der Waals surface area contributed by atoms with Crippen LogP contribution in [0.15, 0.2) is 40.4 Å². The van der Waals surface area contributed by atoms with E-state index in [0.29, 0.717) is 91.7 Å². The van der Waals surface area contributed by atoms with Crippen molar-refractivity contribution in [2.24, 2.45) is 22.9 Å². The maximum atomic E-state index is 13.6. The Bertz CT molecular complexity index is 3130. The second kappa shape index (κ2) is 28.7. The standard InChI is InChI=1S/C31H48N8O9.C25H25N3O6/c1-21-14-29(43)39(31(21)45)17-24-4-6-25(7-5-24)30(44)33-16-26-18-38(37-35-26)9-11-47-13-12-46-10-8-32-27(41)19-48-20-28(42)36-34-22(2)15-23(3)40;1-4-14-15-8-13(29)6-7-19(15)27-22-16(14)11-28-20(22)9-18-17(23(28)31)12-33-24(32)25(18,5-2)34-21(30)10-26-3/h18,21,24-25H,4-17,19-20H2,1-3H3,(H,32,41)(H,33,44)(H,36,42);6-9,26,29H,4-5,10-12H2,1-3H3/b34-22+;/t;25-/m.0/s1. The molecule has 1 saturated carbocycles. The summed E-state index contributed by atoms with van der Waals surface area (Å²) in [5.41, 5.74) is 5.86. The number of amides is 5. The topological polar surface area (TPSA) is 332 Å². The number of hydrogen-bond donors (Lipinski definition) is 5. The molecular formula is C56H73N11O15. The quantitative estimate of drug-likeness (QED) is 0.0173. The van der Waals surface area contributed by atoms with Crippen LogP contribution in [0.5, 0.6) is 5.75 Å². The van der Waals surface area contributed by atoms with E-state index in [-0.39, 0.29) is 111 Å². The van der Waals surface area contributed by atoms with Crippen molar-refractivity contribution in [1.29, 1.82) is 0 Å². The van der Waals surface area contributed by atoms with E-state index in [1.54, 1.807) is 67.5 Å². The number of hydrogen-bond acceptors (Lipinski definition) is 20. The molecule has 0 spiro atoms. The van der Waals surface area contributed by atoms with E-state index in [2.05, 4.69) is 36.8 Å². The van der Waals surface area contributed by atoms with Crippen LogP contribution < -0.4 is 26.9 Å². The molecule has 3 aromatic heterocycles. The minimum Gasteiger partial charge on any atom is -0.508 e. The number of phenolic OH excluding ortho intramolecular Hbond substituents is 1. The van der Waals surface area contributed by atoms with Crippen molar-refractivity contribution in [3.05, 3.63) is 68.8 Å². The lowest BCUT2D eigenvalue weighted by atomic mass is 9.81. The average Bonchev–Trinajstić information content (AvgIpc) is 1.84. The Morgan fingerprint density at radius 1 is 0.915 bits per heavy atom. The van der Waals surface area contributed by atoms with Gasteiger partial charge in [0.2, 0.25) is 29.2 Å². The number of phenols is 1. The Morgan fingerprint density at radius 2 is 1.66 bits per heavy atom. The van der Waals surface area contributed by atoms with E-state index in [1.165, 1.54) is 11.8 Å². The first-order valence-corrected chi connectivity index (χ1v) is 27.6. The number of esters is 2. The number of likely N-dealkylation sites (N-methyl/N-ethyl adjacent to an activating group) is 1. The number of carbonyl (C=O) groups excluding carboxylic acids is 8. The van der Waals surface area contributed by atoms with Crippen LogP contribution in [0.3, 0.4) is 0 Å². The number of ketones is 1. The minimum absolute atomic E-state index is 0.0226. The predicted molar refractivity (Wildman–Crippen MR) is 293 cm³/mol. The Kier molecular flexibility index (Phi) is 21.7. The molecule has 3 aliphatic heterocycles. The first-order valence-electron chi connectivity index (χ1n) is 27.6. The minimum atomic E-state index is -1.70. The number of hydrazone groups is 1. The number of aromatic nitrogens is 5. The summed E-state index contributed by atoms with van der Waals surface area (Å²) in [6, 6.07) is 6.76. The molecule has 2 atom stereocenters. The molecule has 1 aliphatic carbocycles. The van der Waals surface area contributed by atoms with Crippen molar-refractivity contribution in [2.75, 3.05) is 66.3 Å². The van der Waals surface area contributed by atoms with Crippen LogP contribution in [-0.4, -0.2) is 154 Å². The molecule has 2 fully saturated rings. The van der Waals surface area contributed by atoms with Gasteiger partial charge in [-0.1, -0.05) is 26.0 Å². The number of aromatic hydroxyl groups is 1. The second-order valence-electron chi connectivity index (χ2n) is 20.7. The van der Waals surface area contributed by atoms with Gasteiger partial charge in [-0.05, 0) is 95.2 Å². The number of benzene rings is 1. The van der Waals surface area contributed by atoms with Gasteiger partial charge in [0.1, 0.15) is 37.0 Å². The van der Waals surface area contributed by atoms with Gasteiger partial charge in [-0.2, -0.15) is 5.10 Å². The third kappa shape index (κ3) is 15.4. The number of fused-ring (bicyclic) bond motifs is 5. The fourth-order valence-electron chi connectivity index (χ4n) is 10.5. The highest BCUT2D eigenvalue weighted by Gasteiger charge is 2.50. The van der Waals surface area contributed by atoms with Crippen LogP contribution in [-0.2, 0) is 100 Å². The molecule has 442 valence electrons. The summed E-state index contributed by atoms with van der Waals surface area (Å²) in [5, 5.41) is 31.1. The highest BCUT2D eigenvalue weighted by molar-refractivity contribution is 6.03. The molecule has 0 bridgehead atoms. The Balaban J connectivity index is 0.000000249. The number of imide groups is 1. The number of cyclic esters (lactones) is 1. The van der Waals surface area contributed by atoms with Crippen LogP contribution in [0.4, 0.5) is 0 Å². The lowest BCUT2D eigenvalue weighted by Crippen LogP contribution is -2.48. The number of nitrogens with one attached hydrogen (secondary N) is 4. The first kappa shape index (κ1) is 61.8. The average molecular weight is 1140 g/mol. The summed E-state index contributed by atoms with van der Waals surface area (Å²) in [7, 11) is 1.60. The van der Waals surface area contributed by atoms with E-state index >= 15 is 0 Å². The molecule has 26 heteroatoms. The SMILES string of the molecule is CC(=O)C/C(C)=N/NC(=O)COCC(=O)NCCOCCOCCn1cc(CNC(=O)C2CCC(CN3C(=O)CC(C)C3=O)CC2)nn1.CCc1c2c(nc3ccc(O)cc13)-c1cc3c(c(=O)n1C2)COC(=O)[C@@]3(CC)OC(=O)CNC. The van der Waals surface area contributed by atoms with E-state index in [0.717, 1.165) is 42.2 Å². The Hall–Kier alpha value is -7.81. The van der Waals surface area contributed by atoms with Crippen LogP contribution in [0.2, 0.25) is 0 Å². The molecule has 1 unspecified atom stereocenters. The number of Topliss-reactive ketones (excluding diaryl/α,β-unsaturated/α-hetero) is 1. The molecular weight excluding hydrogens is 1070 g/mol. The fourth-order valence-corrected chi connectivity index (χ4v) is 10.5. The maximum Gasteiger partial charge on any atom is 0.355 e. The van der Waals surface area contributed by atoms with Gasteiger partial charge in [0.25, 0.3) is 11.5 Å². The molecule has 1 aromatic carbocycles. The molecule has 5 amide bonds. The molecule has 1 saturated heterocycles. The highest BCUT2D eigenvalue weighted by atomic mass is 16.6. The second-order valence-corrected chi connectivity index (χ2v) is 20.7. The van der Waals surface area contributed by atoms with Crippen molar-refractivity contribution < 1.29 is 67.1 Å². The third-order valence-corrected chi connectivity index (χ3v) is 14.6. The van der Waals surface area contributed by atoms with Gasteiger partial charge in [-0.3, -0.25) is 43.3 Å². The van der Waals surface area contributed by atoms with Gasteiger partial charge >= 0.3 is 11.9 Å². The molecule has 4 aliphatic rings. The van der Waals surface area contributed by atoms with Crippen molar-refractivity contribution in [3.8, 4) is 17.1 Å². The number of pyridine rings is 2. The summed E-state index contributed by atoms with van der Waals surface area (Å²) < 4.78 is 30.3. The van der Waals surface area contributed by atoms with Crippen molar-refractivity contribution in [2.45, 2.75) is 118 Å². The van der Waals surface area contributed by atoms with Gasteiger partial charge in [0.05, 0.1) is 81.3 Å². The largest absolute Gasteiger partial charge is 0.508 e. The van der Waals surface area contributed by atoms with Crippen LogP contribution >= 0.6 is 0 Å². The molecule has 5 N–H and O–H groups in total. The molecule has 4 aromatic rings. The monoisotopic (exact) mass is 1140 g/mol. The van der Waals surface area contributed by atoms with Crippen LogP contribution in [0, 0.1) is 17.8 Å². The Labute approximate surface area is 473 Å². The summed E-state index contributed by atoms with van der Waals surface area (Å²) in [5.74, 6) is -2.42. The van der Waals surface area contributed by atoms with E-state index < -0.39 is 29.4 Å². The summed E-state index contributed by atoms with van der Waals surface area (Å²) in [4.78, 5) is 117. The number of likely N-dealkylation sites (tertiary alicyclic amines) is 1. The number of rotatable bonds is 26. The van der Waals surface area contributed by atoms with Gasteiger partial charge in [0, 0.05) is 60.0 Å². The number of aryl methyl sites for hydroxylation is 1. The lowest BCUT2D eigenvalue weighted by molar-refractivity contribution is -0.188. The van der Waals surface area contributed by atoms with Crippen LogP contribution in [0.1, 0.15) is 108 Å². The zero-order chi connectivity index (χ0) is 59.1. The van der Waals surface area contributed by atoms with E-state index in [1.807, 2.05) is 6.92 Å². The van der Waals surface area contributed by atoms with E-state index in [4.69, 9.17) is 28.7 Å². The normalized spacial score (nSPS) is 19.1. The predicted octanol–water partition coefficient (Wildman–Crippen LogP) is 1.85. The molecule has 6 heterocycles. The first-order chi connectivity index (χ1) is 39.3. The highest BCUT2D eigenvalue weighted by Crippen LogP contribution is 2.42. The van der Waals surface area contributed by atoms with Crippen molar-refractivity contribution in [3.63, 3.8) is 0 Å². The molecule has 8 rings (SSSR count). The van der Waals surface area contributed by atoms with E-state index in [9.17, 15) is 48.3 Å². The van der Waals surface area contributed by atoms with Crippen molar-refractivity contribution in [1.82, 2.24) is 50.8 Å². The van der Waals surface area contributed by atoms with Crippen molar-refractivity contribution >= 4 is 63.9 Å². The number of carbonyl (C=O) groups is 8. The summed E-state index contributed by atoms with van der Waals surface area (Å²) >= 11 is 0. The fraction of sp³-hybridized carbons (Fsp3) is 0.554. The van der Waals surface area contributed by atoms with Gasteiger partial charge in [0.15, 0.2) is 0 Å². The molecule has 0 radical (unpaired) electrons. The maximum absolute atomic E-state index is 13.6. The molecule has 82 heavy (non-hydrogen) atoms. The molecule has 26 nitrogen and oxygen atoms in total. The summed E-state index contributed by atoms with van der Waals surface area (Å²) in [6.45, 7) is 10.8. The van der Waals surface area contributed by atoms with Gasteiger partial charge in [-0.25, -0.2) is 19.9 Å². The van der Waals surface area contributed by atoms with Gasteiger partial charge < -0.3 is 49.3 Å². The van der Waals surface area contributed by atoms with Crippen LogP contribution in [0.25, 0.3) is 22.3 Å². The number of ether oxygens (including phenoxy) is 5. The number of nitrogens with zero attached hydrogens (tertiary/aromatic N) is 7. The summed E-state index contributed by atoms with van der Waals surface area (Å²) in [6.07, 6.45) is 6.07. The lowest BCUT2D eigenvalue weighted by Gasteiger charge is -2.35. The smallest absolute Gasteiger partial charge is 0.355 e.